The summed E-state index contributed by atoms with van der Waals surface area (Å²) in [7, 11) is 3.46. The Balaban J connectivity index is 1.56. The third-order valence-corrected chi connectivity index (χ3v) is 5.63. The highest BCUT2D eigenvalue weighted by Gasteiger charge is 2.14. The molecule has 1 aromatic rings. The number of hydrogen-bond donors (Lipinski definition) is 2. The van der Waals surface area contributed by atoms with E-state index in [1.165, 1.54) is 45.7 Å². The average Bonchev–Trinajstić information content (AvgIpc) is 2.73. The Morgan fingerprint density at radius 1 is 1.11 bits per heavy atom. The average molecular weight is 410 g/mol. The van der Waals surface area contributed by atoms with Gasteiger partial charge in [0.2, 0.25) is 0 Å². The lowest BCUT2D eigenvalue weighted by molar-refractivity contribution is 0.136. The van der Waals surface area contributed by atoms with Crippen molar-refractivity contribution in [3.8, 4) is 5.75 Å². The van der Waals surface area contributed by atoms with Crippen LogP contribution in [0.3, 0.4) is 0 Å². The molecule has 1 aliphatic rings. The monoisotopic (exact) mass is 409 g/mol. The van der Waals surface area contributed by atoms with E-state index >= 15 is 0 Å². The van der Waals surface area contributed by atoms with E-state index in [9.17, 15) is 0 Å². The molecule has 0 aromatic heterocycles. The number of rotatable bonds is 10. The number of nitrogens with zero attached hydrogens (tertiary/aromatic N) is 3. The highest BCUT2D eigenvalue weighted by molar-refractivity contribution is 6.31. The third-order valence-electron chi connectivity index (χ3n) is 5.28. The van der Waals surface area contributed by atoms with Crippen molar-refractivity contribution in [3.63, 3.8) is 0 Å². The number of aliphatic imine (C=N–C) groups is 1. The first-order chi connectivity index (χ1) is 13.7. The zero-order valence-corrected chi connectivity index (χ0v) is 18.4. The van der Waals surface area contributed by atoms with Gasteiger partial charge in [-0.25, -0.2) is 0 Å². The van der Waals surface area contributed by atoms with E-state index in [1.54, 1.807) is 7.11 Å². The number of benzene rings is 1. The fraction of sp³-hybridized carbons (Fsp3) is 0.667. The van der Waals surface area contributed by atoms with Crippen molar-refractivity contribution in [1.29, 1.82) is 0 Å². The van der Waals surface area contributed by atoms with Crippen molar-refractivity contribution < 1.29 is 4.74 Å². The van der Waals surface area contributed by atoms with Gasteiger partial charge < -0.3 is 25.2 Å². The molecule has 2 N–H and O–H groups in total. The molecule has 0 amide bonds. The minimum Gasteiger partial charge on any atom is -0.497 e. The number of piperazine rings is 1. The Morgan fingerprint density at radius 2 is 1.82 bits per heavy atom. The summed E-state index contributed by atoms with van der Waals surface area (Å²) >= 11 is 6.30. The summed E-state index contributed by atoms with van der Waals surface area (Å²) in [4.78, 5) is 9.40. The van der Waals surface area contributed by atoms with E-state index in [0.717, 1.165) is 48.2 Å². The topological polar surface area (TPSA) is 52.1 Å². The first-order valence-electron chi connectivity index (χ1n) is 10.4. The number of hydrogen-bond acceptors (Lipinski definition) is 4. The Bertz CT molecular complexity index is 602. The molecule has 1 aromatic carbocycles. The molecule has 1 aliphatic heterocycles. The lowest BCUT2D eigenvalue weighted by Gasteiger charge is -2.34. The standard InChI is InChI=1S/C21H36ClN5O/c1-4-26-13-15-27(16-14-26)12-6-5-10-24-21(23-2)25-11-9-18-7-8-19(28-3)17-20(18)22/h7-8,17H,4-6,9-16H2,1-3H3,(H2,23,24,25). The van der Waals surface area contributed by atoms with Crippen LogP contribution in [-0.4, -0.2) is 82.3 Å². The maximum Gasteiger partial charge on any atom is 0.190 e. The van der Waals surface area contributed by atoms with Crippen molar-refractivity contribution >= 4 is 17.6 Å². The Kier molecular flexibility index (Phi) is 10.5. The van der Waals surface area contributed by atoms with Crippen LogP contribution in [0.4, 0.5) is 0 Å². The van der Waals surface area contributed by atoms with Gasteiger partial charge in [0.15, 0.2) is 5.96 Å². The van der Waals surface area contributed by atoms with Gasteiger partial charge >= 0.3 is 0 Å². The molecule has 1 heterocycles. The van der Waals surface area contributed by atoms with Crippen molar-refractivity contribution in [2.45, 2.75) is 26.2 Å². The lowest BCUT2D eigenvalue weighted by Crippen LogP contribution is -2.46. The molecule has 1 fully saturated rings. The first kappa shape index (κ1) is 22.8. The molecule has 0 atom stereocenters. The zero-order chi connectivity index (χ0) is 20.2. The van der Waals surface area contributed by atoms with Crippen LogP contribution in [0.5, 0.6) is 5.75 Å². The van der Waals surface area contributed by atoms with Crippen LogP contribution in [0.25, 0.3) is 0 Å². The molecule has 0 spiro atoms. The van der Waals surface area contributed by atoms with Crippen LogP contribution in [0, 0.1) is 0 Å². The summed E-state index contributed by atoms with van der Waals surface area (Å²) in [6, 6.07) is 5.81. The fourth-order valence-electron chi connectivity index (χ4n) is 3.39. The molecule has 0 saturated carbocycles. The van der Waals surface area contributed by atoms with Crippen molar-refractivity contribution in [3.05, 3.63) is 28.8 Å². The normalized spacial score (nSPS) is 16.2. The molecular formula is C21H36ClN5O. The maximum absolute atomic E-state index is 6.30. The molecule has 0 aliphatic carbocycles. The van der Waals surface area contributed by atoms with Crippen molar-refractivity contribution in [2.24, 2.45) is 4.99 Å². The van der Waals surface area contributed by atoms with Gasteiger partial charge in [-0.2, -0.15) is 0 Å². The van der Waals surface area contributed by atoms with Gasteiger partial charge in [-0.05, 0) is 50.0 Å². The van der Waals surface area contributed by atoms with E-state index in [-0.39, 0.29) is 0 Å². The van der Waals surface area contributed by atoms with E-state index in [2.05, 4.69) is 32.3 Å². The van der Waals surface area contributed by atoms with Gasteiger partial charge in [-0.15, -0.1) is 0 Å². The summed E-state index contributed by atoms with van der Waals surface area (Å²) in [5.41, 5.74) is 1.11. The smallest absolute Gasteiger partial charge is 0.190 e. The molecule has 158 valence electrons. The Labute approximate surface area is 175 Å². The number of halogens is 1. The van der Waals surface area contributed by atoms with Gasteiger partial charge in [0, 0.05) is 51.3 Å². The van der Waals surface area contributed by atoms with Gasteiger partial charge in [0.25, 0.3) is 0 Å². The maximum atomic E-state index is 6.30. The molecule has 28 heavy (non-hydrogen) atoms. The summed E-state index contributed by atoms with van der Waals surface area (Å²) in [6.07, 6.45) is 3.21. The van der Waals surface area contributed by atoms with Gasteiger partial charge in [0.1, 0.15) is 5.75 Å². The van der Waals surface area contributed by atoms with Crippen molar-refractivity contribution in [2.75, 3.05) is 66.5 Å². The minimum atomic E-state index is 0.740. The van der Waals surface area contributed by atoms with E-state index in [0.29, 0.717) is 0 Å². The fourth-order valence-corrected chi connectivity index (χ4v) is 3.66. The minimum absolute atomic E-state index is 0.740. The second kappa shape index (κ2) is 12.9. The zero-order valence-electron chi connectivity index (χ0n) is 17.6. The quantitative estimate of drug-likeness (QED) is 0.353. The van der Waals surface area contributed by atoms with E-state index in [4.69, 9.17) is 16.3 Å². The van der Waals surface area contributed by atoms with Crippen LogP contribution in [0.15, 0.2) is 23.2 Å². The number of methoxy groups -OCH3 is 1. The molecule has 0 unspecified atom stereocenters. The summed E-state index contributed by atoms with van der Waals surface area (Å²) in [6.45, 7) is 11.2. The van der Waals surface area contributed by atoms with Crippen LogP contribution in [0.1, 0.15) is 25.3 Å². The SMILES string of the molecule is CCN1CCN(CCCCNC(=NC)NCCc2ccc(OC)cc2Cl)CC1. The van der Waals surface area contributed by atoms with Crippen LogP contribution >= 0.6 is 11.6 Å². The van der Waals surface area contributed by atoms with E-state index in [1.807, 2.05) is 25.2 Å². The molecule has 2 rings (SSSR count). The summed E-state index contributed by atoms with van der Waals surface area (Å²) in [5, 5.41) is 7.50. The van der Waals surface area contributed by atoms with Crippen molar-refractivity contribution in [1.82, 2.24) is 20.4 Å². The first-order valence-corrected chi connectivity index (χ1v) is 10.8. The molecular weight excluding hydrogens is 374 g/mol. The highest BCUT2D eigenvalue weighted by Crippen LogP contribution is 2.22. The Hall–Kier alpha value is -1.50. The Morgan fingerprint density at radius 3 is 2.46 bits per heavy atom. The number of nitrogens with one attached hydrogen (secondary N) is 2. The van der Waals surface area contributed by atoms with Crippen LogP contribution < -0.4 is 15.4 Å². The van der Waals surface area contributed by atoms with E-state index < -0.39 is 0 Å². The molecule has 0 bridgehead atoms. The van der Waals surface area contributed by atoms with Gasteiger partial charge in [0.05, 0.1) is 7.11 Å². The third kappa shape index (κ3) is 7.86. The highest BCUT2D eigenvalue weighted by atomic mass is 35.5. The predicted molar refractivity (Wildman–Crippen MR) is 119 cm³/mol. The second-order valence-electron chi connectivity index (χ2n) is 7.12. The molecule has 6 nitrogen and oxygen atoms in total. The summed E-state index contributed by atoms with van der Waals surface area (Å²) < 4.78 is 5.19. The number of unbranched alkanes of at least 4 members (excludes halogenated alkanes) is 1. The largest absolute Gasteiger partial charge is 0.497 e. The molecule has 0 radical (unpaired) electrons. The predicted octanol–water partition coefficient (Wildman–Crippen LogP) is 2.47. The van der Waals surface area contributed by atoms with Crippen LogP contribution in [-0.2, 0) is 6.42 Å². The number of likely N-dealkylation sites (N-methyl/N-ethyl adjacent to an activating group) is 1. The summed E-state index contributed by atoms with van der Waals surface area (Å²) in [5.74, 6) is 1.63. The van der Waals surface area contributed by atoms with Gasteiger partial charge in [-0.3, -0.25) is 4.99 Å². The van der Waals surface area contributed by atoms with Crippen LogP contribution in [0.2, 0.25) is 5.02 Å². The molecule has 7 heteroatoms. The second-order valence-corrected chi connectivity index (χ2v) is 7.52. The lowest BCUT2D eigenvalue weighted by atomic mass is 10.1. The number of ether oxygens (including phenoxy) is 1. The van der Waals surface area contributed by atoms with Gasteiger partial charge in [-0.1, -0.05) is 24.6 Å². The number of guanidine groups is 1. The molecule has 1 saturated heterocycles.